The fourth-order valence-corrected chi connectivity index (χ4v) is 7.02. The minimum atomic E-state index is -0.603. The molecule has 0 N–H and O–H groups in total. The van der Waals surface area contributed by atoms with E-state index in [4.69, 9.17) is 9.72 Å². The summed E-state index contributed by atoms with van der Waals surface area (Å²) in [5, 5.41) is 3.31. The SMILES string of the molecule is CCN(Cc1csc(C(c2cnc3ccccc3c2)N2CCN(C(=O)OC(C)(C)C)CC2=O)c1)C1CCCCC1. The minimum absolute atomic E-state index is 0.00987. The molecule has 214 valence electrons. The zero-order valence-electron chi connectivity index (χ0n) is 24.3. The predicted molar refractivity (Wildman–Crippen MR) is 160 cm³/mol. The molecule has 5 rings (SSSR count). The van der Waals surface area contributed by atoms with Crippen LogP contribution in [-0.2, 0) is 16.1 Å². The van der Waals surface area contributed by atoms with Gasteiger partial charge in [0.2, 0.25) is 5.91 Å². The van der Waals surface area contributed by atoms with E-state index in [-0.39, 0.29) is 18.5 Å². The third kappa shape index (κ3) is 6.66. The molecule has 3 heterocycles. The number of aromatic nitrogens is 1. The van der Waals surface area contributed by atoms with E-state index in [2.05, 4.69) is 35.4 Å². The molecular formula is C32H42N4O3S. The average Bonchev–Trinajstić information content (AvgIpc) is 3.40. The van der Waals surface area contributed by atoms with Crippen LogP contribution in [0.4, 0.5) is 4.79 Å². The van der Waals surface area contributed by atoms with Gasteiger partial charge in [-0.25, -0.2) is 4.79 Å². The molecule has 1 saturated heterocycles. The highest BCUT2D eigenvalue weighted by Crippen LogP contribution is 2.36. The van der Waals surface area contributed by atoms with Crippen LogP contribution in [0.25, 0.3) is 10.9 Å². The van der Waals surface area contributed by atoms with Crippen molar-refractivity contribution in [3.63, 3.8) is 0 Å². The lowest BCUT2D eigenvalue weighted by Gasteiger charge is -2.39. The van der Waals surface area contributed by atoms with Crippen LogP contribution >= 0.6 is 11.3 Å². The van der Waals surface area contributed by atoms with Gasteiger partial charge in [-0.05, 0) is 74.9 Å². The second-order valence-corrected chi connectivity index (χ2v) is 13.0. The molecule has 2 aliphatic rings. The van der Waals surface area contributed by atoms with E-state index in [0.717, 1.165) is 34.4 Å². The van der Waals surface area contributed by atoms with Crippen molar-refractivity contribution in [3.05, 3.63) is 64.0 Å². The van der Waals surface area contributed by atoms with Gasteiger partial charge in [-0.3, -0.25) is 19.6 Å². The van der Waals surface area contributed by atoms with E-state index in [1.807, 2.05) is 50.1 Å². The van der Waals surface area contributed by atoms with Gasteiger partial charge in [-0.15, -0.1) is 11.3 Å². The molecule has 0 bridgehead atoms. The number of rotatable bonds is 7. The number of nitrogens with zero attached hydrogens (tertiary/aromatic N) is 4. The number of thiophene rings is 1. The Kier molecular flexibility index (Phi) is 8.76. The molecule has 1 aromatic carbocycles. The number of benzene rings is 1. The summed E-state index contributed by atoms with van der Waals surface area (Å²) in [6, 6.07) is 12.9. The Morgan fingerprint density at radius 1 is 1.15 bits per heavy atom. The Hall–Kier alpha value is -2.97. The smallest absolute Gasteiger partial charge is 0.410 e. The monoisotopic (exact) mass is 562 g/mol. The topological polar surface area (TPSA) is 66.0 Å². The summed E-state index contributed by atoms with van der Waals surface area (Å²) < 4.78 is 5.54. The molecule has 0 radical (unpaired) electrons. The lowest BCUT2D eigenvalue weighted by Crippen LogP contribution is -2.54. The predicted octanol–water partition coefficient (Wildman–Crippen LogP) is 6.62. The van der Waals surface area contributed by atoms with Gasteiger partial charge >= 0.3 is 6.09 Å². The minimum Gasteiger partial charge on any atom is -0.444 e. The number of hydrogen-bond acceptors (Lipinski definition) is 6. The van der Waals surface area contributed by atoms with Gasteiger partial charge in [0, 0.05) is 42.1 Å². The first-order chi connectivity index (χ1) is 19.2. The van der Waals surface area contributed by atoms with Gasteiger partial charge in [0.1, 0.15) is 12.1 Å². The molecule has 1 aliphatic carbocycles. The standard InChI is InChI=1S/C32H42N4O3S/c1-5-34(26-12-7-6-8-13-26)20-23-17-28(40-22-23)30(25-18-24-11-9-10-14-27(24)33-19-25)36-16-15-35(21-29(36)37)31(38)39-32(2,3)4/h9-11,14,17-19,22,26,30H,5-8,12-13,15-16,20-21H2,1-4H3. The van der Waals surface area contributed by atoms with Crippen molar-refractivity contribution in [2.24, 2.45) is 0 Å². The Morgan fingerprint density at radius 3 is 2.65 bits per heavy atom. The van der Waals surface area contributed by atoms with Crippen molar-refractivity contribution in [1.29, 1.82) is 0 Å². The van der Waals surface area contributed by atoms with Crippen LogP contribution in [0.3, 0.4) is 0 Å². The second-order valence-electron chi connectivity index (χ2n) is 12.1. The fourth-order valence-electron chi connectivity index (χ4n) is 5.98. The van der Waals surface area contributed by atoms with E-state index in [1.165, 1.54) is 42.6 Å². The summed E-state index contributed by atoms with van der Waals surface area (Å²) >= 11 is 1.71. The first-order valence-corrected chi connectivity index (χ1v) is 15.5. The molecule has 8 heteroatoms. The van der Waals surface area contributed by atoms with Crippen LogP contribution in [0.5, 0.6) is 0 Å². The maximum Gasteiger partial charge on any atom is 0.410 e. The highest BCUT2D eigenvalue weighted by molar-refractivity contribution is 7.10. The summed E-state index contributed by atoms with van der Waals surface area (Å²) in [6.07, 6.45) is 8.03. The number of fused-ring (bicyclic) bond motifs is 1. The zero-order valence-corrected chi connectivity index (χ0v) is 25.1. The molecule has 3 aromatic rings. The molecule has 0 spiro atoms. The third-order valence-electron chi connectivity index (χ3n) is 7.97. The van der Waals surface area contributed by atoms with E-state index >= 15 is 0 Å². The van der Waals surface area contributed by atoms with E-state index in [0.29, 0.717) is 19.1 Å². The van der Waals surface area contributed by atoms with Crippen molar-refractivity contribution < 1.29 is 14.3 Å². The first-order valence-electron chi connectivity index (χ1n) is 14.7. The number of piperazine rings is 1. The number of para-hydroxylation sites is 1. The molecule has 2 fully saturated rings. The number of carbonyl (C=O) groups is 2. The highest BCUT2D eigenvalue weighted by Gasteiger charge is 2.36. The van der Waals surface area contributed by atoms with Crippen LogP contribution in [0, 0.1) is 0 Å². The summed E-state index contributed by atoms with van der Waals surface area (Å²) in [6.45, 7) is 10.6. The third-order valence-corrected chi connectivity index (χ3v) is 9.01. The highest BCUT2D eigenvalue weighted by atomic mass is 32.1. The van der Waals surface area contributed by atoms with Crippen molar-refractivity contribution in [2.75, 3.05) is 26.2 Å². The number of hydrogen-bond donors (Lipinski definition) is 0. The molecular weight excluding hydrogens is 520 g/mol. The summed E-state index contributed by atoms with van der Waals surface area (Å²) in [4.78, 5) is 38.2. The summed E-state index contributed by atoms with van der Waals surface area (Å²) in [5.74, 6) is -0.0809. The summed E-state index contributed by atoms with van der Waals surface area (Å²) in [7, 11) is 0. The fraction of sp³-hybridized carbons (Fsp3) is 0.531. The molecule has 7 nitrogen and oxygen atoms in total. The van der Waals surface area contributed by atoms with E-state index in [9.17, 15) is 9.59 Å². The second kappa shape index (κ2) is 12.3. The van der Waals surface area contributed by atoms with Crippen LogP contribution < -0.4 is 0 Å². The average molecular weight is 563 g/mol. The Bertz CT molecular complexity index is 1330. The van der Waals surface area contributed by atoms with Gasteiger partial charge in [0.25, 0.3) is 0 Å². The van der Waals surface area contributed by atoms with E-state index < -0.39 is 11.7 Å². The van der Waals surface area contributed by atoms with Gasteiger partial charge in [0.15, 0.2) is 0 Å². The Labute approximate surface area is 242 Å². The van der Waals surface area contributed by atoms with Crippen molar-refractivity contribution >= 4 is 34.2 Å². The largest absolute Gasteiger partial charge is 0.444 e. The van der Waals surface area contributed by atoms with Gasteiger partial charge < -0.3 is 9.64 Å². The Morgan fingerprint density at radius 2 is 1.93 bits per heavy atom. The number of amides is 2. The molecule has 1 saturated carbocycles. The van der Waals surface area contributed by atoms with Crippen LogP contribution in [0.2, 0.25) is 0 Å². The Balaban J connectivity index is 1.41. The van der Waals surface area contributed by atoms with Crippen LogP contribution in [0.15, 0.2) is 48.0 Å². The van der Waals surface area contributed by atoms with Crippen molar-refractivity contribution in [1.82, 2.24) is 19.7 Å². The summed E-state index contributed by atoms with van der Waals surface area (Å²) in [5.41, 5.74) is 2.62. The van der Waals surface area contributed by atoms with Crippen LogP contribution in [0.1, 0.15) is 81.8 Å². The van der Waals surface area contributed by atoms with Crippen molar-refractivity contribution in [3.8, 4) is 0 Å². The van der Waals surface area contributed by atoms with Gasteiger partial charge in [-0.1, -0.05) is 44.4 Å². The molecule has 1 atom stereocenters. The van der Waals surface area contributed by atoms with Gasteiger partial charge in [0.05, 0.1) is 11.6 Å². The maximum absolute atomic E-state index is 13.6. The van der Waals surface area contributed by atoms with Gasteiger partial charge in [-0.2, -0.15) is 0 Å². The lowest BCUT2D eigenvalue weighted by atomic mass is 9.94. The molecule has 40 heavy (non-hydrogen) atoms. The van der Waals surface area contributed by atoms with Crippen LogP contribution in [-0.4, -0.2) is 69.5 Å². The molecule has 2 aromatic heterocycles. The molecule has 1 aliphatic heterocycles. The normalized spacial score (nSPS) is 18.0. The maximum atomic E-state index is 13.6. The van der Waals surface area contributed by atoms with Crippen molar-refractivity contribution in [2.45, 2.75) is 84.0 Å². The quantitative estimate of drug-likeness (QED) is 0.324. The number of pyridine rings is 1. The number of carbonyl (C=O) groups excluding carboxylic acids is 2. The molecule has 1 unspecified atom stereocenters. The lowest BCUT2D eigenvalue weighted by molar-refractivity contribution is -0.137. The van der Waals surface area contributed by atoms with E-state index in [1.54, 1.807) is 11.3 Å². The zero-order chi connectivity index (χ0) is 28.3. The first kappa shape index (κ1) is 28.6. The number of ether oxygens (including phenoxy) is 1. The molecule has 2 amide bonds.